The summed E-state index contributed by atoms with van der Waals surface area (Å²) in [4.78, 5) is 27.6. The van der Waals surface area contributed by atoms with Crippen molar-refractivity contribution in [2.75, 3.05) is 0 Å². The number of hydrogen-bond donors (Lipinski definition) is 1. The summed E-state index contributed by atoms with van der Waals surface area (Å²) in [6.45, 7) is 0.0975. The van der Waals surface area contributed by atoms with Crippen LogP contribution in [0.15, 0.2) is 46.3 Å². The molecule has 3 aromatic rings. The van der Waals surface area contributed by atoms with Gasteiger partial charge in [-0.05, 0) is 11.4 Å². The molecule has 2 aromatic heterocycles. The molecule has 0 spiro atoms. The number of rotatable bonds is 7. The number of nitro groups is 1. The Morgan fingerprint density at radius 2 is 2.12 bits per heavy atom. The smallest absolute Gasteiger partial charge is 0.274 e. The van der Waals surface area contributed by atoms with Gasteiger partial charge in [0.05, 0.1) is 9.80 Å². The molecular formula is C16H14N4O4S. The summed E-state index contributed by atoms with van der Waals surface area (Å²) in [5, 5.41) is 19.4. The second-order valence-electron chi connectivity index (χ2n) is 5.15. The first-order valence-electron chi connectivity index (χ1n) is 7.49. The van der Waals surface area contributed by atoms with Crippen molar-refractivity contribution >= 4 is 22.9 Å². The Balaban J connectivity index is 1.51. The van der Waals surface area contributed by atoms with Crippen LogP contribution < -0.4 is 5.32 Å². The van der Waals surface area contributed by atoms with Crippen LogP contribution in [0.5, 0.6) is 0 Å². The monoisotopic (exact) mass is 358 g/mol. The van der Waals surface area contributed by atoms with Crippen LogP contribution in [0, 0.1) is 10.1 Å². The largest absolute Gasteiger partial charge is 0.352 e. The molecular weight excluding hydrogens is 344 g/mol. The number of carbonyl (C=O) groups is 1. The van der Waals surface area contributed by atoms with Crippen molar-refractivity contribution in [1.82, 2.24) is 15.5 Å². The number of amides is 1. The van der Waals surface area contributed by atoms with Crippen LogP contribution in [-0.4, -0.2) is 21.0 Å². The molecule has 128 valence electrons. The Kier molecular flexibility index (Phi) is 5.14. The molecule has 9 heteroatoms. The van der Waals surface area contributed by atoms with Crippen molar-refractivity contribution in [2.24, 2.45) is 0 Å². The highest BCUT2D eigenvalue weighted by molar-refractivity contribution is 7.13. The number of hydrogen-bond acceptors (Lipinski definition) is 7. The Hall–Kier alpha value is -3.07. The van der Waals surface area contributed by atoms with Gasteiger partial charge in [-0.1, -0.05) is 29.4 Å². The first-order chi connectivity index (χ1) is 12.1. The average Bonchev–Trinajstić information content (AvgIpc) is 3.29. The average molecular weight is 358 g/mol. The molecule has 0 unspecified atom stereocenters. The Labute approximate surface area is 146 Å². The lowest BCUT2D eigenvalue weighted by molar-refractivity contribution is -0.385. The lowest BCUT2D eigenvalue weighted by Crippen LogP contribution is -2.23. The van der Waals surface area contributed by atoms with Crippen LogP contribution in [0.4, 0.5) is 5.69 Å². The number of aromatic nitrogens is 2. The van der Waals surface area contributed by atoms with Gasteiger partial charge >= 0.3 is 0 Å². The zero-order valence-electron chi connectivity index (χ0n) is 13.0. The first kappa shape index (κ1) is 16.8. The predicted molar refractivity (Wildman–Crippen MR) is 90.9 cm³/mol. The zero-order valence-corrected chi connectivity index (χ0v) is 13.9. The molecule has 0 aliphatic heterocycles. The Morgan fingerprint density at radius 1 is 1.28 bits per heavy atom. The number of para-hydroxylation sites is 1. The Bertz CT molecular complexity index is 876. The molecule has 1 aromatic carbocycles. The second kappa shape index (κ2) is 7.67. The maximum atomic E-state index is 11.9. The van der Waals surface area contributed by atoms with Crippen LogP contribution in [-0.2, 0) is 17.8 Å². The highest BCUT2D eigenvalue weighted by Gasteiger charge is 2.14. The standard InChI is InChI=1S/C16H14N4O4S/c21-14(17-10-11-4-1-2-5-12(11)20(22)23)7-8-15-18-16(19-24-15)13-6-3-9-25-13/h1-6,9H,7-8,10H2,(H,17,21). The van der Waals surface area contributed by atoms with E-state index in [4.69, 9.17) is 4.52 Å². The van der Waals surface area contributed by atoms with Gasteiger partial charge in [-0.3, -0.25) is 14.9 Å². The number of benzene rings is 1. The van der Waals surface area contributed by atoms with Crippen LogP contribution in [0.1, 0.15) is 17.9 Å². The van der Waals surface area contributed by atoms with Crippen molar-refractivity contribution in [3.63, 3.8) is 0 Å². The van der Waals surface area contributed by atoms with Gasteiger partial charge in [0.2, 0.25) is 17.6 Å². The van der Waals surface area contributed by atoms with Gasteiger partial charge in [0.1, 0.15) is 0 Å². The molecule has 8 nitrogen and oxygen atoms in total. The molecule has 0 fully saturated rings. The quantitative estimate of drug-likeness (QED) is 0.513. The van der Waals surface area contributed by atoms with Gasteiger partial charge in [0.15, 0.2) is 0 Å². The van der Waals surface area contributed by atoms with E-state index in [1.807, 2.05) is 17.5 Å². The van der Waals surface area contributed by atoms with Gasteiger partial charge in [0, 0.05) is 31.0 Å². The molecule has 0 saturated carbocycles. The maximum absolute atomic E-state index is 11.9. The minimum Gasteiger partial charge on any atom is -0.352 e. The normalized spacial score (nSPS) is 10.6. The fraction of sp³-hybridized carbons (Fsp3) is 0.188. The summed E-state index contributed by atoms with van der Waals surface area (Å²) in [6.07, 6.45) is 0.466. The van der Waals surface area contributed by atoms with E-state index in [2.05, 4.69) is 15.5 Å². The van der Waals surface area contributed by atoms with Crippen molar-refractivity contribution in [3.05, 3.63) is 63.3 Å². The van der Waals surface area contributed by atoms with Crippen molar-refractivity contribution in [3.8, 4) is 10.7 Å². The van der Waals surface area contributed by atoms with Crippen LogP contribution in [0.25, 0.3) is 10.7 Å². The predicted octanol–water partition coefficient (Wildman–Crippen LogP) is 2.96. The van der Waals surface area contributed by atoms with Gasteiger partial charge in [-0.2, -0.15) is 4.98 Å². The minimum absolute atomic E-state index is 0.0136. The third-order valence-electron chi connectivity index (χ3n) is 3.44. The number of nitrogens with zero attached hydrogens (tertiary/aromatic N) is 3. The molecule has 0 aliphatic rings. The summed E-state index contributed by atoms with van der Waals surface area (Å²) in [5.41, 5.74) is 0.443. The van der Waals surface area contributed by atoms with Gasteiger partial charge in [-0.25, -0.2) is 0 Å². The highest BCUT2D eigenvalue weighted by atomic mass is 32.1. The lowest BCUT2D eigenvalue weighted by atomic mass is 10.2. The summed E-state index contributed by atoms with van der Waals surface area (Å²) >= 11 is 1.50. The van der Waals surface area contributed by atoms with Crippen LogP contribution >= 0.6 is 11.3 Å². The first-order valence-corrected chi connectivity index (χ1v) is 8.37. The molecule has 0 aliphatic carbocycles. The van der Waals surface area contributed by atoms with Gasteiger partial charge in [0.25, 0.3) is 5.69 Å². The summed E-state index contributed by atoms with van der Waals surface area (Å²) in [6, 6.07) is 10.1. The number of aryl methyl sites for hydroxylation is 1. The number of thiophene rings is 1. The number of carbonyl (C=O) groups excluding carboxylic acids is 1. The molecule has 2 heterocycles. The third kappa shape index (κ3) is 4.27. The third-order valence-corrected chi connectivity index (χ3v) is 4.31. The topological polar surface area (TPSA) is 111 Å². The Morgan fingerprint density at radius 3 is 2.88 bits per heavy atom. The maximum Gasteiger partial charge on any atom is 0.274 e. The highest BCUT2D eigenvalue weighted by Crippen LogP contribution is 2.21. The molecule has 0 atom stereocenters. The molecule has 0 saturated heterocycles. The van der Waals surface area contributed by atoms with E-state index in [1.54, 1.807) is 18.2 Å². The van der Waals surface area contributed by atoms with Gasteiger partial charge < -0.3 is 9.84 Å². The summed E-state index contributed by atoms with van der Waals surface area (Å²) in [7, 11) is 0. The van der Waals surface area contributed by atoms with Crippen LogP contribution in [0.2, 0.25) is 0 Å². The molecule has 0 radical (unpaired) electrons. The van der Waals surface area contributed by atoms with E-state index >= 15 is 0 Å². The summed E-state index contributed by atoms with van der Waals surface area (Å²) < 4.78 is 5.13. The van der Waals surface area contributed by atoms with Crippen molar-refractivity contribution in [1.29, 1.82) is 0 Å². The molecule has 1 N–H and O–H groups in total. The van der Waals surface area contributed by atoms with Crippen LogP contribution in [0.3, 0.4) is 0 Å². The molecule has 0 bridgehead atoms. The number of nitrogens with one attached hydrogen (secondary N) is 1. The molecule has 1 amide bonds. The lowest BCUT2D eigenvalue weighted by Gasteiger charge is -2.05. The van der Waals surface area contributed by atoms with E-state index in [9.17, 15) is 14.9 Å². The zero-order chi connectivity index (χ0) is 17.6. The molecule has 3 rings (SSSR count). The van der Waals surface area contributed by atoms with E-state index in [0.717, 1.165) is 4.88 Å². The minimum atomic E-state index is -0.466. The van der Waals surface area contributed by atoms with E-state index in [-0.39, 0.29) is 24.6 Å². The van der Waals surface area contributed by atoms with Gasteiger partial charge in [-0.15, -0.1) is 11.3 Å². The molecule has 25 heavy (non-hydrogen) atoms. The van der Waals surface area contributed by atoms with Crippen molar-refractivity contribution < 1.29 is 14.2 Å². The second-order valence-corrected chi connectivity index (χ2v) is 6.10. The number of nitro benzene ring substituents is 1. The summed E-state index contributed by atoms with van der Waals surface area (Å²) in [5.74, 6) is 0.642. The van der Waals surface area contributed by atoms with E-state index < -0.39 is 4.92 Å². The SMILES string of the molecule is O=C(CCc1nc(-c2cccs2)no1)NCc1ccccc1[N+](=O)[O-]. The fourth-order valence-corrected chi connectivity index (χ4v) is 2.85. The van der Waals surface area contributed by atoms with E-state index in [1.165, 1.54) is 17.4 Å². The van der Waals surface area contributed by atoms with Crippen molar-refractivity contribution in [2.45, 2.75) is 19.4 Å². The fourth-order valence-electron chi connectivity index (χ4n) is 2.20. The van der Waals surface area contributed by atoms with E-state index in [0.29, 0.717) is 23.7 Å².